The van der Waals surface area contributed by atoms with Gasteiger partial charge in [0.05, 0.1) is 0 Å². The van der Waals surface area contributed by atoms with Crippen LogP contribution in [0.3, 0.4) is 0 Å². The van der Waals surface area contributed by atoms with Gasteiger partial charge in [-0.2, -0.15) is 4.98 Å². The molecule has 1 heterocycles. The molecule has 1 aromatic heterocycles. The molecule has 1 N–H and O–H groups in total. The van der Waals surface area contributed by atoms with Crippen LogP contribution in [-0.4, -0.2) is 22.7 Å². The molecule has 150 valence electrons. The van der Waals surface area contributed by atoms with Crippen LogP contribution < -0.4 is 10.1 Å². The summed E-state index contributed by atoms with van der Waals surface area (Å²) in [5.74, 6) is 1.08. The number of nitrogens with one attached hydrogen (secondary N) is 1. The van der Waals surface area contributed by atoms with Crippen LogP contribution in [0.1, 0.15) is 5.56 Å². The lowest BCUT2D eigenvalue weighted by molar-refractivity contribution is -0.118. The maximum atomic E-state index is 12.2. The largest absolute Gasteiger partial charge is 0.484 e. The third kappa shape index (κ3) is 4.67. The van der Waals surface area contributed by atoms with Crippen LogP contribution >= 0.6 is 11.6 Å². The Morgan fingerprint density at radius 1 is 1.03 bits per heavy atom. The third-order valence-corrected chi connectivity index (χ3v) is 4.61. The van der Waals surface area contributed by atoms with E-state index in [0.717, 1.165) is 16.8 Å². The fourth-order valence-corrected chi connectivity index (χ4v) is 3.04. The minimum atomic E-state index is -0.238. The van der Waals surface area contributed by atoms with Crippen LogP contribution in [0.15, 0.2) is 77.3 Å². The summed E-state index contributed by atoms with van der Waals surface area (Å²) in [6.07, 6.45) is 0. The number of halogens is 1. The van der Waals surface area contributed by atoms with Gasteiger partial charge in [0, 0.05) is 21.8 Å². The van der Waals surface area contributed by atoms with E-state index in [-0.39, 0.29) is 12.5 Å². The lowest BCUT2D eigenvalue weighted by Crippen LogP contribution is -2.20. The second kappa shape index (κ2) is 8.80. The topological polar surface area (TPSA) is 77.2 Å². The van der Waals surface area contributed by atoms with Gasteiger partial charge in [-0.05, 0) is 48.9 Å². The monoisotopic (exact) mass is 419 g/mol. The van der Waals surface area contributed by atoms with E-state index in [0.29, 0.717) is 28.1 Å². The highest BCUT2D eigenvalue weighted by molar-refractivity contribution is 6.30. The summed E-state index contributed by atoms with van der Waals surface area (Å²) in [7, 11) is 0. The van der Waals surface area contributed by atoms with Gasteiger partial charge in [0.15, 0.2) is 6.61 Å². The molecule has 0 radical (unpaired) electrons. The van der Waals surface area contributed by atoms with Gasteiger partial charge in [0.2, 0.25) is 5.82 Å². The van der Waals surface area contributed by atoms with Gasteiger partial charge in [0.1, 0.15) is 5.75 Å². The zero-order valence-electron chi connectivity index (χ0n) is 16.1. The maximum absolute atomic E-state index is 12.2. The second-order valence-corrected chi connectivity index (χ2v) is 7.05. The molecular weight excluding hydrogens is 402 g/mol. The second-order valence-electron chi connectivity index (χ2n) is 6.61. The van der Waals surface area contributed by atoms with E-state index in [9.17, 15) is 4.79 Å². The molecule has 0 bridgehead atoms. The van der Waals surface area contributed by atoms with Crippen molar-refractivity contribution in [3.05, 3.63) is 83.4 Å². The first-order valence-corrected chi connectivity index (χ1v) is 9.65. The van der Waals surface area contributed by atoms with Gasteiger partial charge in [0.25, 0.3) is 11.8 Å². The molecule has 0 aliphatic rings. The molecule has 0 saturated carbocycles. The minimum Gasteiger partial charge on any atom is -0.484 e. The number of aryl methyl sites for hydroxylation is 1. The average Bonchev–Trinajstić information content (AvgIpc) is 3.25. The summed E-state index contributed by atoms with van der Waals surface area (Å²) < 4.78 is 11.0. The number of para-hydroxylation sites is 1. The van der Waals surface area contributed by atoms with E-state index in [1.54, 1.807) is 30.3 Å². The molecule has 0 aliphatic heterocycles. The number of hydrogen-bond donors (Lipinski definition) is 1. The molecule has 0 saturated heterocycles. The molecule has 30 heavy (non-hydrogen) atoms. The Morgan fingerprint density at radius 2 is 1.83 bits per heavy atom. The quantitative estimate of drug-likeness (QED) is 0.453. The summed E-state index contributed by atoms with van der Waals surface area (Å²) in [4.78, 5) is 16.6. The highest BCUT2D eigenvalue weighted by Crippen LogP contribution is 2.26. The molecule has 1 amide bonds. The third-order valence-electron chi connectivity index (χ3n) is 4.38. The van der Waals surface area contributed by atoms with E-state index in [2.05, 4.69) is 15.5 Å². The van der Waals surface area contributed by atoms with Gasteiger partial charge in [-0.1, -0.05) is 53.2 Å². The minimum absolute atomic E-state index is 0.113. The van der Waals surface area contributed by atoms with E-state index < -0.39 is 0 Å². The average molecular weight is 420 g/mol. The Hall–Kier alpha value is -3.64. The molecule has 0 unspecified atom stereocenters. The predicted octanol–water partition coefficient (Wildman–Crippen LogP) is 5.38. The maximum Gasteiger partial charge on any atom is 0.262 e. The van der Waals surface area contributed by atoms with Crippen molar-refractivity contribution in [1.82, 2.24) is 10.1 Å². The van der Waals surface area contributed by atoms with Crippen LogP contribution in [0, 0.1) is 6.92 Å². The van der Waals surface area contributed by atoms with E-state index in [1.165, 1.54) is 0 Å². The lowest BCUT2D eigenvalue weighted by atomic mass is 10.2. The molecule has 0 aliphatic carbocycles. The Labute approximate surface area is 178 Å². The highest BCUT2D eigenvalue weighted by Gasteiger charge is 2.12. The summed E-state index contributed by atoms with van der Waals surface area (Å²) in [5.41, 5.74) is 3.20. The van der Waals surface area contributed by atoms with Gasteiger partial charge >= 0.3 is 0 Å². The fraction of sp³-hybridized carbons (Fsp3) is 0.0870. The number of anilines is 1. The van der Waals surface area contributed by atoms with Gasteiger partial charge in [-0.3, -0.25) is 4.79 Å². The van der Waals surface area contributed by atoms with Crippen molar-refractivity contribution in [2.75, 3.05) is 11.9 Å². The van der Waals surface area contributed by atoms with Crippen molar-refractivity contribution in [3.8, 4) is 28.6 Å². The molecule has 3 aromatic carbocycles. The van der Waals surface area contributed by atoms with Gasteiger partial charge in [-0.25, -0.2) is 0 Å². The number of carbonyl (C=O) groups excluding carboxylic acids is 1. The first-order valence-electron chi connectivity index (χ1n) is 9.27. The van der Waals surface area contributed by atoms with Crippen molar-refractivity contribution in [1.29, 1.82) is 0 Å². The normalized spacial score (nSPS) is 10.6. The SMILES string of the molecule is Cc1ccccc1NC(=O)COc1cccc(-c2noc(-c3cccc(Cl)c3)n2)c1. The molecular formula is C23H18ClN3O3. The fourth-order valence-electron chi connectivity index (χ4n) is 2.85. The molecule has 6 nitrogen and oxygen atoms in total. The Morgan fingerprint density at radius 3 is 2.67 bits per heavy atom. The van der Waals surface area contributed by atoms with E-state index >= 15 is 0 Å². The Balaban J connectivity index is 1.43. The summed E-state index contributed by atoms with van der Waals surface area (Å²) in [5, 5.41) is 7.46. The van der Waals surface area contributed by atoms with Crippen molar-refractivity contribution in [3.63, 3.8) is 0 Å². The van der Waals surface area contributed by atoms with Crippen LogP contribution in [0.2, 0.25) is 5.02 Å². The summed E-state index contributed by atoms with van der Waals surface area (Å²) in [6.45, 7) is 1.82. The number of nitrogens with zero attached hydrogens (tertiary/aromatic N) is 2. The van der Waals surface area contributed by atoms with Crippen LogP contribution in [-0.2, 0) is 4.79 Å². The van der Waals surface area contributed by atoms with Gasteiger partial charge < -0.3 is 14.6 Å². The highest BCUT2D eigenvalue weighted by atomic mass is 35.5. The summed E-state index contributed by atoms with van der Waals surface area (Å²) in [6, 6.07) is 21.9. The van der Waals surface area contributed by atoms with Crippen LogP contribution in [0.4, 0.5) is 5.69 Å². The number of aromatic nitrogens is 2. The van der Waals surface area contributed by atoms with Crippen LogP contribution in [0.25, 0.3) is 22.8 Å². The number of ether oxygens (including phenoxy) is 1. The molecule has 0 fully saturated rings. The Kier molecular flexibility index (Phi) is 5.77. The van der Waals surface area contributed by atoms with E-state index in [4.69, 9.17) is 20.9 Å². The van der Waals surface area contributed by atoms with Crippen LogP contribution in [0.5, 0.6) is 5.75 Å². The predicted molar refractivity (Wildman–Crippen MR) is 115 cm³/mol. The number of carbonyl (C=O) groups is 1. The van der Waals surface area contributed by atoms with Gasteiger partial charge in [-0.15, -0.1) is 0 Å². The first kappa shape index (κ1) is 19.7. The number of hydrogen-bond acceptors (Lipinski definition) is 5. The zero-order chi connectivity index (χ0) is 20.9. The number of benzene rings is 3. The standard InChI is InChI=1S/C23H18ClN3O3/c1-15-6-2-3-11-20(15)25-21(28)14-29-19-10-5-7-16(13-19)22-26-23(30-27-22)17-8-4-9-18(24)12-17/h2-13H,14H2,1H3,(H,25,28). The smallest absolute Gasteiger partial charge is 0.262 e. The van der Waals surface area contributed by atoms with Crippen molar-refractivity contribution in [2.24, 2.45) is 0 Å². The van der Waals surface area contributed by atoms with Crippen molar-refractivity contribution in [2.45, 2.75) is 6.92 Å². The van der Waals surface area contributed by atoms with Crippen molar-refractivity contribution >= 4 is 23.2 Å². The molecule has 4 rings (SSSR count). The molecule has 0 atom stereocenters. The van der Waals surface area contributed by atoms with Crippen molar-refractivity contribution < 1.29 is 14.1 Å². The molecule has 7 heteroatoms. The first-order chi connectivity index (χ1) is 14.6. The lowest BCUT2D eigenvalue weighted by Gasteiger charge is -2.09. The molecule has 0 spiro atoms. The number of amides is 1. The van der Waals surface area contributed by atoms with E-state index in [1.807, 2.05) is 49.4 Å². The Bertz CT molecular complexity index is 1190. The zero-order valence-corrected chi connectivity index (χ0v) is 16.9. The molecule has 4 aromatic rings. The summed E-state index contributed by atoms with van der Waals surface area (Å²) >= 11 is 6.02. The number of rotatable bonds is 6.